The Labute approximate surface area is 120 Å². The van der Waals surface area contributed by atoms with Gasteiger partial charge in [0, 0.05) is 0 Å². The minimum absolute atomic E-state index is 0.247. The number of anilines is 1. The molecular weight excluding hydrogens is 250 g/mol. The van der Waals surface area contributed by atoms with Gasteiger partial charge in [-0.25, -0.2) is 0 Å². The van der Waals surface area contributed by atoms with E-state index in [1.165, 1.54) is 5.56 Å². The van der Waals surface area contributed by atoms with E-state index in [-0.39, 0.29) is 6.04 Å². The highest BCUT2D eigenvalue weighted by Crippen LogP contribution is 2.29. The molecule has 0 fully saturated rings. The number of hydrogen-bond acceptors (Lipinski definition) is 3. The lowest BCUT2D eigenvalue weighted by Gasteiger charge is -2.20. The third kappa shape index (κ3) is 3.23. The first-order chi connectivity index (χ1) is 9.78. The minimum Gasteiger partial charge on any atom is -0.497 e. The van der Waals surface area contributed by atoms with Gasteiger partial charge in [0.15, 0.2) is 0 Å². The molecule has 0 aliphatic carbocycles. The van der Waals surface area contributed by atoms with E-state index in [1.807, 2.05) is 36.4 Å². The summed E-state index contributed by atoms with van der Waals surface area (Å²) in [5.41, 5.74) is 2.25. The van der Waals surface area contributed by atoms with Crippen molar-refractivity contribution in [3.63, 3.8) is 0 Å². The molecule has 0 radical (unpaired) electrons. The summed E-state index contributed by atoms with van der Waals surface area (Å²) in [6, 6.07) is 16.4. The average Bonchev–Trinajstić information content (AvgIpc) is 2.53. The third-order valence-electron chi connectivity index (χ3n) is 3.36. The lowest BCUT2D eigenvalue weighted by molar-refractivity contribution is 0.414. The zero-order chi connectivity index (χ0) is 14.4. The van der Waals surface area contributed by atoms with Crippen LogP contribution in [0, 0.1) is 0 Å². The van der Waals surface area contributed by atoms with Crippen molar-refractivity contribution in [3.05, 3.63) is 54.1 Å². The van der Waals surface area contributed by atoms with Gasteiger partial charge < -0.3 is 14.8 Å². The van der Waals surface area contributed by atoms with E-state index in [4.69, 9.17) is 9.47 Å². The average molecular weight is 271 g/mol. The number of rotatable bonds is 6. The molecule has 1 atom stereocenters. The number of methoxy groups -OCH3 is 2. The van der Waals surface area contributed by atoms with Crippen LogP contribution >= 0.6 is 0 Å². The molecule has 0 heterocycles. The van der Waals surface area contributed by atoms with Gasteiger partial charge in [0.2, 0.25) is 0 Å². The van der Waals surface area contributed by atoms with E-state index in [0.717, 1.165) is 23.6 Å². The van der Waals surface area contributed by atoms with E-state index in [1.54, 1.807) is 14.2 Å². The van der Waals surface area contributed by atoms with Crippen molar-refractivity contribution < 1.29 is 9.47 Å². The molecule has 0 aromatic heterocycles. The molecule has 20 heavy (non-hydrogen) atoms. The van der Waals surface area contributed by atoms with Gasteiger partial charge in [-0.15, -0.1) is 0 Å². The molecule has 2 aromatic rings. The quantitative estimate of drug-likeness (QED) is 0.851. The summed E-state index contributed by atoms with van der Waals surface area (Å²) in [5.74, 6) is 1.74. The van der Waals surface area contributed by atoms with E-state index >= 15 is 0 Å². The molecule has 2 aromatic carbocycles. The van der Waals surface area contributed by atoms with Crippen LogP contribution < -0.4 is 14.8 Å². The van der Waals surface area contributed by atoms with Crippen molar-refractivity contribution in [2.24, 2.45) is 0 Å². The second kappa shape index (κ2) is 6.85. The van der Waals surface area contributed by atoms with E-state index in [0.29, 0.717) is 0 Å². The van der Waals surface area contributed by atoms with Gasteiger partial charge in [-0.3, -0.25) is 0 Å². The fraction of sp³-hybridized carbons (Fsp3) is 0.294. The zero-order valence-electron chi connectivity index (χ0n) is 12.2. The topological polar surface area (TPSA) is 30.5 Å². The Morgan fingerprint density at radius 3 is 2.25 bits per heavy atom. The molecular formula is C17H21NO2. The van der Waals surface area contributed by atoms with E-state index < -0.39 is 0 Å². The zero-order valence-corrected chi connectivity index (χ0v) is 12.2. The molecule has 0 aliphatic rings. The van der Waals surface area contributed by atoms with Gasteiger partial charge >= 0.3 is 0 Å². The standard InChI is InChI=1S/C17H21NO2/c1-4-15(13-9-11-14(19-2)12-10-13)18-16-7-5-6-8-17(16)20-3/h5-12,15,18H,4H2,1-3H3/t15-/m0/s1. The first-order valence-corrected chi connectivity index (χ1v) is 6.82. The van der Waals surface area contributed by atoms with Crippen molar-refractivity contribution in [2.75, 3.05) is 19.5 Å². The Balaban J connectivity index is 2.19. The maximum Gasteiger partial charge on any atom is 0.141 e. The van der Waals surface area contributed by atoms with Gasteiger partial charge in [0.25, 0.3) is 0 Å². The molecule has 3 nitrogen and oxygen atoms in total. The highest BCUT2D eigenvalue weighted by atomic mass is 16.5. The number of hydrogen-bond donors (Lipinski definition) is 1. The van der Waals surface area contributed by atoms with Crippen molar-refractivity contribution in [2.45, 2.75) is 19.4 Å². The predicted octanol–water partition coefficient (Wildman–Crippen LogP) is 4.27. The highest BCUT2D eigenvalue weighted by Gasteiger charge is 2.11. The smallest absolute Gasteiger partial charge is 0.141 e. The lowest BCUT2D eigenvalue weighted by atomic mass is 10.0. The third-order valence-corrected chi connectivity index (χ3v) is 3.36. The van der Waals surface area contributed by atoms with Gasteiger partial charge in [0.1, 0.15) is 11.5 Å². The van der Waals surface area contributed by atoms with Crippen LogP contribution in [-0.4, -0.2) is 14.2 Å². The first kappa shape index (κ1) is 14.3. The Hall–Kier alpha value is -2.16. The number of para-hydroxylation sites is 2. The largest absolute Gasteiger partial charge is 0.497 e. The SMILES string of the molecule is CC[C@H](Nc1ccccc1OC)c1ccc(OC)cc1. The molecule has 1 N–H and O–H groups in total. The van der Waals surface area contributed by atoms with E-state index in [9.17, 15) is 0 Å². The first-order valence-electron chi connectivity index (χ1n) is 6.82. The van der Waals surface area contributed by atoms with Gasteiger partial charge in [-0.1, -0.05) is 31.2 Å². The van der Waals surface area contributed by atoms with Crippen LogP contribution in [0.5, 0.6) is 11.5 Å². The molecule has 0 spiro atoms. The number of ether oxygens (including phenoxy) is 2. The van der Waals surface area contributed by atoms with Crippen LogP contribution in [0.3, 0.4) is 0 Å². The van der Waals surface area contributed by atoms with Crippen LogP contribution in [0.1, 0.15) is 24.9 Å². The fourth-order valence-corrected chi connectivity index (χ4v) is 2.21. The Bertz CT molecular complexity index is 537. The monoisotopic (exact) mass is 271 g/mol. The summed E-state index contributed by atoms with van der Waals surface area (Å²) in [5, 5.41) is 3.54. The van der Waals surface area contributed by atoms with Crippen molar-refractivity contribution >= 4 is 5.69 Å². The predicted molar refractivity (Wildman–Crippen MR) is 82.6 cm³/mol. The second-order valence-electron chi connectivity index (χ2n) is 4.58. The summed E-state index contributed by atoms with van der Waals surface area (Å²) in [4.78, 5) is 0. The van der Waals surface area contributed by atoms with Crippen molar-refractivity contribution in [1.29, 1.82) is 0 Å². The van der Waals surface area contributed by atoms with Crippen molar-refractivity contribution in [1.82, 2.24) is 0 Å². The van der Waals surface area contributed by atoms with Crippen LogP contribution in [0.4, 0.5) is 5.69 Å². The summed E-state index contributed by atoms with van der Waals surface area (Å²) in [6.07, 6.45) is 0.990. The molecule has 106 valence electrons. The maximum absolute atomic E-state index is 5.38. The van der Waals surface area contributed by atoms with E-state index in [2.05, 4.69) is 24.4 Å². The second-order valence-corrected chi connectivity index (χ2v) is 4.58. The molecule has 0 saturated carbocycles. The molecule has 2 rings (SSSR count). The summed E-state index contributed by atoms with van der Waals surface area (Å²) in [7, 11) is 3.37. The molecule has 0 aliphatic heterocycles. The highest BCUT2D eigenvalue weighted by molar-refractivity contribution is 5.57. The number of benzene rings is 2. The number of nitrogens with one attached hydrogen (secondary N) is 1. The fourth-order valence-electron chi connectivity index (χ4n) is 2.21. The summed E-state index contributed by atoms with van der Waals surface area (Å²) < 4.78 is 10.6. The molecule has 0 saturated heterocycles. The molecule has 0 bridgehead atoms. The van der Waals surface area contributed by atoms with Crippen LogP contribution in [-0.2, 0) is 0 Å². The van der Waals surface area contributed by atoms with Crippen LogP contribution in [0.2, 0.25) is 0 Å². The van der Waals surface area contributed by atoms with Crippen LogP contribution in [0.25, 0.3) is 0 Å². The molecule has 3 heteroatoms. The summed E-state index contributed by atoms with van der Waals surface area (Å²) in [6.45, 7) is 2.16. The Morgan fingerprint density at radius 2 is 1.65 bits per heavy atom. The van der Waals surface area contributed by atoms with Crippen LogP contribution in [0.15, 0.2) is 48.5 Å². The van der Waals surface area contributed by atoms with Gasteiger partial charge in [0.05, 0.1) is 25.9 Å². The molecule has 0 unspecified atom stereocenters. The van der Waals surface area contributed by atoms with Crippen molar-refractivity contribution in [3.8, 4) is 11.5 Å². The molecule has 0 amide bonds. The van der Waals surface area contributed by atoms with Gasteiger partial charge in [-0.05, 0) is 36.2 Å². The minimum atomic E-state index is 0.247. The summed E-state index contributed by atoms with van der Waals surface area (Å²) >= 11 is 0. The Morgan fingerprint density at radius 1 is 0.950 bits per heavy atom. The Kier molecular flexibility index (Phi) is 4.88. The maximum atomic E-state index is 5.38. The lowest BCUT2D eigenvalue weighted by Crippen LogP contribution is -2.10. The normalized spacial score (nSPS) is 11.8. The van der Waals surface area contributed by atoms with Gasteiger partial charge in [-0.2, -0.15) is 0 Å².